The van der Waals surface area contributed by atoms with Crippen LogP contribution in [0, 0.1) is 0 Å². The lowest BCUT2D eigenvalue weighted by atomic mass is 10.1. The molecule has 0 bridgehead atoms. The Balaban J connectivity index is 1.67. The Hall–Kier alpha value is -2.68. The molecule has 0 unspecified atom stereocenters. The van der Waals surface area contributed by atoms with Gasteiger partial charge in [-0.05, 0) is 61.9 Å². The van der Waals surface area contributed by atoms with Crippen LogP contribution in [0.15, 0.2) is 66.9 Å². The normalized spacial score (nSPS) is 10.8. The highest BCUT2D eigenvalue weighted by molar-refractivity contribution is 5.50. The van der Waals surface area contributed by atoms with Crippen LogP contribution in [-0.4, -0.2) is 20.3 Å². The number of benzene rings is 2. The smallest absolute Gasteiger partial charge is 0.122 e. The number of para-hydroxylation sites is 1. The maximum absolute atomic E-state index is 6.01. The zero-order chi connectivity index (χ0) is 20.0. The zero-order valence-electron chi connectivity index (χ0n) is 17.2. The molecule has 3 heteroatoms. The Kier molecular flexibility index (Phi) is 9.78. The monoisotopic (exact) mass is 380 g/mol. The Morgan fingerprint density at radius 1 is 1.04 bits per heavy atom. The van der Waals surface area contributed by atoms with Crippen LogP contribution in [0.1, 0.15) is 43.7 Å². The third-order valence-electron chi connectivity index (χ3n) is 4.44. The molecule has 2 aromatic rings. The molecule has 0 N–H and O–H groups in total. The second-order valence-corrected chi connectivity index (χ2v) is 6.60. The third-order valence-corrected chi connectivity index (χ3v) is 4.44. The molecule has 0 heterocycles. The fourth-order valence-corrected chi connectivity index (χ4v) is 2.88. The summed E-state index contributed by atoms with van der Waals surface area (Å²) in [6.07, 6.45) is 9.27. The van der Waals surface area contributed by atoms with Gasteiger partial charge in [0, 0.05) is 6.42 Å². The van der Waals surface area contributed by atoms with Crippen molar-refractivity contribution in [2.24, 2.45) is 0 Å². The van der Waals surface area contributed by atoms with Gasteiger partial charge in [-0.25, -0.2) is 0 Å². The molecule has 0 saturated carbocycles. The van der Waals surface area contributed by atoms with Crippen LogP contribution in [0.4, 0.5) is 0 Å². The summed E-state index contributed by atoms with van der Waals surface area (Å²) in [6, 6.07) is 16.3. The molecule has 0 aliphatic rings. The van der Waals surface area contributed by atoms with Crippen LogP contribution in [0.25, 0.3) is 6.08 Å². The van der Waals surface area contributed by atoms with Gasteiger partial charge >= 0.3 is 0 Å². The number of allylic oxidation sites excluding steroid dienone is 2. The molecule has 0 atom stereocenters. The lowest BCUT2D eigenvalue weighted by Crippen LogP contribution is -2.01. The van der Waals surface area contributed by atoms with Crippen molar-refractivity contribution in [3.63, 3.8) is 0 Å². The lowest BCUT2D eigenvalue weighted by Gasteiger charge is -2.12. The van der Waals surface area contributed by atoms with Gasteiger partial charge in [-0.2, -0.15) is 0 Å². The van der Waals surface area contributed by atoms with Crippen LogP contribution in [0.5, 0.6) is 11.5 Å². The Bertz CT molecular complexity index is 732. The van der Waals surface area contributed by atoms with E-state index in [1.807, 2.05) is 31.2 Å². The summed E-state index contributed by atoms with van der Waals surface area (Å²) in [6.45, 7) is 7.33. The number of ether oxygens (including phenoxy) is 3. The highest BCUT2D eigenvalue weighted by Crippen LogP contribution is 2.21. The molecular weight excluding hydrogens is 348 g/mol. The van der Waals surface area contributed by atoms with Gasteiger partial charge in [0.2, 0.25) is 0 Å². The molecule has 0 radical (unpaired) electrons. The van der Waals surface area contributed by atoms with Crippen LogP contribution in [0.3, 0.4) is 0 Å². The van der Waals surface area contributed by atoms with E-state index < -0.39 is 0 Å². The number of methoxy groups -OCH3 is 1. The summed E-state index contributed by atoms with van der Waals surface area (Å²) in [5.74, 6) is 2.69. The van der Waals surface area contributed by atoms with E-state index in [1.165, 1.54) is 11.1 Å². The summed E-state index contributed by atoms with van der Waals surface area (Å²) in [5, 5.41) is 0. The van der Waals surface area contributed by atoms with Crippen LogP contribution in [0.2, 0.25) is 0 Å². The standard InChI is InChI=1S/C25H32O3/c1-4-27-21(2)14-17-23-12-8-9-13-25(23)28-20-10-6-5-7-11-22-15-18-24(26-3)19-16-22/h7-9,11-13,15-16,18-19H,2,4-6,10,14,17,20H2,1,3H3/b11-7+. The number of hydrogen-bond donors (Lipinski definition) is 0. The Labute approximate surface area is 169 Å². The predicted molar refractivity (Wildman–Crippen MR) is 117 cm³/mol. The highest BCUT2D eigenvalue weighted by atomic mass is 16.5. The summed E-state index contributed by atoms with van der Waals surface area (Å²) in [5.41, 5.74) is 2.40. The van der Waals surface area contributed by atoms with E-state index in [9.17, 15) is 0 Å². The SMILES string of the molecule is C=C(CCc1ccccc1OCCCC/C=C/c1ccc(OC)cc1)OCC. The number of rotatable bonds is 13. The molecule has 0 aliphatic carbocycles. The average molecular weight is 381 g/mol. The minimum Gasteiger partial charge on any atom is -0.499 e. The maximum atomic E-state index is 6.01. The first-order chi connectivity index (χ1) is 13.7. The second kappa shape index (κ2) is 12.7. The van der Waals surface area contributed by atoms with E-state index in [-0.39, 0.29) is 0 Å². The van der Waals surface area contributed by atoms with Crippen LogP contribution in [-0.2, 0) is 11.2 Å². The molecule has 0 aromatic heterocycles. The van der Waals surface area contributed by atoms with Crippen molar-refractivity contribution in [1.29, 1.82) is 0 Å². The number of hydrogen-bond acceptors (Lipinski definition) is 3. The van der Waals surface area contributed by atoms with Gasteiger partial charge < -0.3 is 14.2 Å². The Morgan fingerprint density at radius 2 is 1.82 bits per heavy atom. The fourth-order valence-electron chi connectivity index (χ4n) is 2.88. The van der Waals surface area contributed by atoms with Crippen molar-refractivity contribution < 1.29 is 14.2 Å². The predicted octanol–water partition coefficient (Wildman–Crippen LogP) is 6.44. The molecule has 150 valence electrons. The van der Waals surface area contributed by atoms with Gasteiger partial charge in [-0.15, -0.1) is 0 Å². The van der Waals surface area contributed by atoms with Gasteiger partial charge in [-0.3, -0.25) is 0 Å². The van der Waals surface area contributed by atoms with Crippen LogP contribution < -0.4 is 9.47 Å². The molecule has 0 saturated heterocycles. The first-order valence-corrected chi connectivity index (χ1v) is 10.0. The molecule has 0 aliphatic heterocycles. The fraction of sp³-hybridized carbons (Fsp3) is 0.360. The van der Waals surface area contributed by atoms with Gasteiger partial charge in [0.15, 0.2) is 0 Å². The average Bonchev–Trinajstić information content (AvgIpc) is 2.73. The number of aryl methyl sites for hydroxylation is 1. The molecular formula is C25H32O3. The molecule has 0 spiro atoms. The topological polar surface area (TPSA) is 27.7 Å². The van der Waals surface area contributed by atoms with Crippen LogP contribution >= 0.6 is 0 Å². The lowest BCUT2D eigenvalue weighted by molar-refractivity contribution is 0.220. The molecule has 0 amide bonds. The van der Waals surface area contributed by atoms with E-state index in [1.54, 1.807) is 7.11 Å². The first-order valence-electron chi connectivity index (χ1n) is 10.0. The van der Waals surface area contributed by atoms with Crippen molar-refractivity contribution in [3.8, 4) is 11.5 Å². The molecule has 28 heavy (non-hydrogen) atoms. The van der Waals surface area contributed by atoms with E-state index in [0.29, 0.717) is 6.61 Å². The van der Waals surface area contributed by atoms with Crippen molar-refractivity contribution in [3.05, 3.63) is 78.1 Å². The van der Waals surface area contributed by atoms with Crippen molar-refractivity contribution in [2.45, 2.75) is 39.0 Å². The van der Waals surface area contributed by atoms with E-state index >= 15 is 0 Å². The van der Waals surface area contributed by atoms with Crippen molar-refractivity contribution in [2.75, 3.05) is 20.3 Å². The minimum absolute atomic E-state index is 0.671. The highest BCUT2D eigenvalue weighted by Gasteiger charge is 2.04. The first kappa shape index (κ1) is 21.6. The molecule has 2 aromatic carbocycles. The maximum Gasteiger partial charge on any atom is 0.122 e. The van der Waals surface area contributed by atoms with E-state index in [4.69, 9.17) is 14.2 Å². The molecule has 2 rings (SSSR count). The van der Waals surface area contributed by atoms with E-state index in [2.05, 4.69) is 43.0 Å². The quantitative estimate of drug-likeness (QED) is 0.295. The van der Waals surface area contributed by atoms with Gasteiger partial charge in [-0.1, -0.05) is 49.1 Å². The summed E-state index contributed by atoms with van der Waals surface area (Å²) in [4.78, 5) is 0. The molecule has 0 fully saturated rings. The largest absolute Gasteiger partial charge is 0.499 e. The summed E-state index contributed by atoms with van der Waals surface area (Å²) in [7, 11) is 1.68. The van der Waals surface area contributed by atoms with Crippen molar-refractivity contribution >= 4 is 6.08 Å². The second-order valence-electron chi connectivity index (χ2n) is 6.60. The minimum atomic E-state index is 0.671. The summed E-state index contributed by atoms with van der Waals surface area (Å²) >= 11 is 0. The third kappa shape index (κ3) is 7.91. The van der Waals surface area contributed by atoms with Crippen molar-refractivity contribution in [1.82, 2.24) is 0 Å². The van der Waals surface area contributed by atoms with Gasteiger partial charge in [0.1, 0.15) is 11.5 Å². The zero-order valence-corrected chi connectivity index (χ0v) is 17.2. The Morgan fingerprint density at radius 3 is 2.57 bits per heavy atom. The van der Waals surface area contributed by atoms with E-state index in [0.717, 1.165) is 56.0 Å². The molecule has 3 nitrogen and oxygen atoms in total. The van der Waals surface area contributed by atoms with Gasteiger partial charge in [0.05, 0.1) is 26.1 Å². The number of unbranched alkanes of at least 4 members (excludes halogenated alkanes) is 2. The summed E-state index contributed by atoms with van der Waals surface area (Å²) < 4.78 is 16.6. The van der Waals surface area contributed by atoms with Gasteiger partial charge in [0.25, 0.3) is 0 Å².